The first-order valence-corrected chi connectivity index (χ1v) is 5.99. The average molecular weight is 277 g/mol. The molecular weight excluding hydrogens is 264 g/mol. The Labute approximate surface area is 115 Å². The summed E-state index contributed by atoms with van der Waals surface area (Å²) in [5.74, 6) is 0.872. The van der Waals surface area contributed by atoms with Crippen LogP contribution >= 0.6 is 11.6 Å². The van der Waals surface area contributed by atoms with Crippen LogP contribution in [0.4, 0.5) is 0 Å². The Morgan fingerprint density at radius 1 is 1.26 bits per heavy atom. The number of ether oxygens (including phenoxy) is 1. The second kappa shape index (κ2) is 5.73. The third-order valence-electron chi connectivity index (χ3n) is 2.54. The van der Waals surface area contributed by atoms with Gasteiger partial charge in [-0.25, -0.2) is 0 Å². The summed E-state index contributed by atoms with van der Waals surface area (Å²) in [5, 5.41) is 17.1. The van der Waals surface area contributed by atoms with Gasteiger partial charge in [0.2, 0.25) is 0 Å². The van der Waals surface area contributed by atoms with Gasteiger partial charge in [-0.15, -0.1) is 0 Å². The molecule has 0 saturated heterocycles. The quantitative estimate of drug-likeness (QED) is 0.593. The van der Waals surface area contributed by atoms with Crippen LogP contribution in [0.25, 0.3) is 0 Å². The zero-order valence-corrected chi connectivity index (χ0v) is 10.8. The van der Waals surface area contributed by atoms with Crippen LogP contribution in [-0.4, -0.2) is 10.9 Å². The Bertz CT molecular complexity index is 614. The number of nitrogens with two attached hydrogens (primary N) is 1. The summed E-state index contributed by atoms with van der Waals surface area (Å²) in [6.07, 6.45) is 0. The van der Waals surface area contributed by atoms with Crippen LogP contribution in [0.1, 0.15) is 11.1 Å². The maximum atomic E-state index is 9.08. The zero-order valence-electron chi connectivity index (χ0n) is 10.1. The Kier molecular flexibility index (Phi) is 4.04. The molecule has 5 heteroatoms. The standard InChI is InChI=1S/C14H13ClN2O2/c15-10-4-5-12(14(16)17)13(7-10)19-11-3-1-2-9(6-11)8-18/h1-7,18H,8H2,(H3,16,17). The van der Waals surface area contributed by atoms with Gasteiger partial charge in [0, 0.05) is 11.1 Å². The molecule has 19 heavy (non-hydrogen) atoms. The molecule has 2 aromatic rings. The van der Waals surface area contributed by atoms with Crippen molar-refractivity contribution in [3.05, 3.63) is 58.6 Å². The van der Waals surface area contributed by atoms with Gasteiger partial charge in [-0.3, -0.25) is 5.41 Å². The van der Waals surface area contributed by atoms with Crippen LogP contribution in [0.5, 0.6) is 11.5 Å². The fourth-order valence-electron chi connectivity index (χ4n) is 1.64. The van der Waals surface area contributed by atoms with Gasteiger partial charge < -0.3 is 15.6 Å². The van der Waals surface area contributed by atoms with E-state index in [-0.39, 0.29) is 12.4 Å². The molecule has 0 saturated carbocycles. The van der Waals surface area contributed by atoms with Gasteiger partial charge in [-0.2, -0.15) is 0 Å². The van der Waals surface area contributed by atoms with E-state index in [0.717, 1.165) is 5.56 Å². The number of halogens is 1. The number of benzene rings is 2. The number of hydrogen-bond acceptors (Lipinski definition) is 3. The lowest BCUT2D eigenvalue weighted by molar-refractivity contribution is 0.281. The van der Waals surface area contributed by atoms with Crippen molar-refractivity contribution in [2.24, 2.45) is 5.73 Å². The van der Waals surface area contributed by atoms with Crippen LogP contribution in [-0.2, 0) is 6.61 Å². The highest BCUT2D eigenvalue weighted by Crippen LogP contribution is 2.28. The predicted molar refractivity (Wildman–Crippen MR) is 74.9 cm³/mol. The number of nitrogens with one attached hydrogen (secondary N) is 1. The van der Waals surface area contributed by atoms with Crippen LogP contribution in [0, 0.1) is 5.41 Å². The average Bonchev–Trinajstić information content (AvgIpc) is 2.38. The van der Waals surface area contributed by atoms with Crippen LogP contribution in [0.2, 0.25) is 5.02 Å². The molecule has 0 aliphatic carbocycles. The van der Waals surface area contributed by atoms with E-state index in [1.165, 1.54) is 0 Å². The fraction of sp³-hybridized carbons (Fsp3) is 0.0714. The Hall–Kier alpha value is -2.04. The summed E-state index contributed by atoms with van der Waals surface area (Å²) in [6.45, 7) is -0.0632. The van der Waals surface area contributed by atoms with Crippen molar-refractivity contribution in [3.63, 3.8) is 0 Å². The van der Waals surface area contributed by atoms with E-state index in [0.29, 0.717) is 22.1 Å². The maximum absolute atomic E-state index is 9.08. The van der Waals surface area contributed by atoms with Gasteiger partial charge in [0.15, 0.2) is 0 Å². The smallest absolute Gasteiger partial charge is 0.139 e. The van der Waals surface area contributed by atoms with Crippen LogP contribution < -0.4 is 10.5 Å². The molecule has 0 fully saturated rings. The molecule has 0 unspecified atom stereocenters. The topological polar surface area (TPSA) is 79.3 Å². The monoisotopic (exact) mass is 276 g/mol. The minimum absolute atomic E-state index is 0.0632. The molecule has 0 amide bonds. The third-order valence-corrected chi connectivity index (χ3v) is 2.78. The van der Waals surface area contributed by atoms with E-state index in [2.05, 4.69) is 0 Å². The fourth-order valence-corrected chi connectivity index (χ4v) is 1.80. The SMILES string of the molecule is N=C(N)c1ccc(Cl)cc1Oc1cccc(CO)c1. The molecule has 2 rings (SSSR count). The largest absolute Gasteiger partial charge is 0.457 e. The first kappa shape index (κ1) is 13.4. The van der Waals surface area contributed by atoms with Gasteiger partial charge in [-0.05, 0) is 29.8 Å². The molecule has 0 radical (unpaired) electrons. The van der Waals surface area contributed by atoms with Crippen molar-refractivity contribution in [1.29, 1.82) is 5.41 Å². The summed E-state index contributed by atoms with van der Waals surface area (Å²) < 4.78 is 5.68. The summed E-state index contributed by atoms with van der Waals surface area (Å²) in [7, 11) is 0. The molecule has 0 heterocycles. The Balaban J connectivity index is 2.36. The summed E-state index contributed by atoms with van der Waals surface area (Å²) in [6, 6.07) is 11.9. The number of amidine groups is 1. The molecule has 0 aromatic heterocycles. The van der Waals surface area contributed by atoms with Crippen molar-refractivity contribution >= 4 is 17.4 Å². The normalized spacial score (nSPS) is 10.2. The van der Waals surface area contributed by atoms with E-state index >= 15 is 0 Å². The lowest BCUT2D eigenvalue weighted by Gasteiger charge is -2.11. The first-order valence-electron chi connectivity index (χ1n) is 5.62. The number of aliphatic hydroxyl groups excluding tert-OH is 1. The number of aliphatic hydroxyl groups is 1. The molecule has 0 bridgehead atoms. The van der Waals surface area contributed by atoms with Gasteiger partial charge in [0.05, 0.1) is 12.2 Å². The molecule has 0 aliphatic heterocycles. The Morgan fingerprint density at radius 2 is 2.05 bits per heavy atom. The highest BCUT2D eigenvalue weighted by atomic mass is 35.5. The summed E-state index contributed by atoms with van der Waals surface area (Å²) in [4.78, 5) is 0. The van der Waals surface area contributed by atoms with E-state index in [1.807, 2.05) is 0 Å². The van der Waals surface area contributed by atoms with E-state index in [9.17, 15) is 0 Å². The lowest BCUT2D eigenvalue weighted by atomic mass is 10.2. The Morgan fingerprint density at radius 3 is 2.74 bits per heavy atom. The summed E-state index contributed by atoms with van der Waals surface area (Å²) >= 11 is 5.91. The maximum Gasteiger partial charge on any atom is 0.139 e. The first-order chi connectivity index (χ1) is 9.10. The molecule has 98 valence electrons. The molecule has 2 aromatic carbocycles. The predicted octanol–water partition coefficient (Wildman–Crippen LogP) is 2.91. The van der Waals surface area contributed by atoms with Crippen molar-refractivity contribution in [2.75, 3.05) is 0 Å². The molecule has 4 nitrogen and oxygen atoms in total. The van der Waals surface area contributed by atoms with Crippen molar-refractivity contribution in [3.8, 4) is 11.5 Å². The van der Waals surface area contributed by atoms with Crippen molar-refractivity contribution in [1.82, 2.24) is 0 Å². The second-order valence-corrected chi connectivity index (χ2v) is 4.40. The highest BCUT2D eigenvalue weighted by molar-refractivity contribution is 6.30. The zero-order chi connectivity index (χ0) is 13.8. The molecule has 0 spiro atoms. The number of rotatable bonds is 4. The molecule has 4 N–H and O–H groups in total. The minimum atomic E-state index is -0.0926. The van der Waals surface area contributed by atoms with Crippen molar-refractivity contribution in [2.45, 2.75) is 6.61 Å². The molecular formula is C14H13ClN2O2. The van der Waals surface area contributed by atoms with Gasteiger partial charge in [-0.1, -0.05) is 23.7 Å². The van der Waals surface area contributed by atoms with Gasteiger partial charge >= 0.3 is 0 Å². The van der Waals surface area contributed by atoms with Crippen molar-refractivity contribution < 1.29 is 9.84 Å². The molecule has 0 aliphatic rings. The van der Waals surface area contributed by atoms with Crippen LogP contribution in [0.15, 0.2) is 42.5 Å². The van der Waals surface area contributed by atoms with E-state index in [1.54, 1.807) is 42.5 Å². The second-order valence-electron chi connectivity index (χ2n) is 3.96. The molecule has 0 atom stereocenters. The third kappa shape index (κ3) is 3.24. The van der Waals surface area contributed by atoms with Crippen LogP contribution in [0.3, 0.4) is 0 Å². The van der Waals surface area contributed by atoms with Gasteiger partial charge in [0.1, 0.15) is 17.3 Å². The van der Waals surface area contributed by atoms with Gasteiger partial charge in [0.25, 0.3) is 0 Å². The number of hydrogen-bond donors (Lipinski definition) is 3. The highest BCUT2D eigenvalue weighted by Gasteiger charge is 2.09. The summed E-state index contributed by atoms with van der Waals surface area (Å²) in [5.41, 5.74) is 6.71. The van der Waals surface area contributed by atoms with E-state index in [4.69, 9.17) is 32.6 Å². The number of nitrogen functional groups attached to an aromatic ring is 1. The lowest BCUT2D eigenvalue weighted by Crippen LogP contribution is -2.12. The van der Waals surface area contributed by atoms with E-state index < -0.39 is 0 Å². The minimum Gasteiger partial charge on any atom is -0.457 e.